The molecule has 132 valence electrons. The van der Waals surface area contributed by atoms with Gasteiger partial charge in [0.25, 0.3) is 5.91 Å². The zero-order valence-electron chi connectivity index (χ0n) is 15.2. The first-order chi connectivity index (χ1) is 11.9. The van der Waals surface area contributed by atoms with Gasteiger partial charge in [0.05, 0.1) is 12.3 Å². The summed E-state index contributed by atoms with van der Waals surface area (Å²) in [6.45, 7) is 5.95. The highest BCUT2D eigenvalue weighted by Crippen LogP contribution is 2.37. The number of Topliss-reactive ketones (excluding diaryl/α,β-unsaturated/α-hetero) is 1. The Hall–Kier alpha value is -2.53. The van der Waals surface area contributed by atoms with Crippen molar-refractivity contribution >= 4 is 17.4 Å². The molecule has 1 amide bonds. The number of carbonyl (C=O) groups excluding carboxylic acids is 2. The van der Waals surface area contributed by atoms with Crippen LogP contribution in [0, 0.1) is 5.41 Å². The Kier molecular flexibility index (Phi) is 6.04. The topological polar surface area (TPSA) is 59.0 Å². The maximum absolute atomic E-state index is 13.0. The molecule has 2 rings (SSSR count). The van der Waals surface area contributed by atoms with Crippen LogP contribution in [0.25, 0.3) is 0 Å². The third-order valence-corrected chi connectivity index (χ3v) is 4.49. The first kappa shape index (κ1) is 18.8. The van der Waals surface area contributed by atoms with Crippen molar-refractivity contribution in [2.75, 3.05) is 20.3 Å². The van der Waals surface area contributed by atoms with Crippen molar-refractivity contribution < 1.29 is 14.3 Å². The van der Waals surface area contributed by atoms with Crippen molar-refractivity contribution in [3.63, 3.8) is 0 Å². The molecule has 25 heavy (non-hydrogen) atoms. The number of allylic oxidation sites excluding steroid dienone is 2. The fourth-order valence-corrected chi connectivity index (χ4v) is 2.85. The highest BCUT2D eigenvalue weighted by atomic mass is 16.5. The lowest BCUT2D eigenvalue weighted by molar-refractivity contribution is -0.133. The number of hydrogen-bond acceptors (Lipinski definition) is 4. The minimum absolute atomic E-state index is 0.0610. The maximum Gasteiger partial charge on any atom is 0.259 e. The summed E-state index contributed by atoms with van der Waals surface area (Å²) in [5.74, 6) is -0.323. The lowest BCUT2D eigenvalue weighted by Gasteiger charge is -2.25. The summed E-state index contributed by atoms with van der Waals surface area (Å²) in [6, 6.07) is 8.93. The normalized spacial score (nSPS) is 21.1. The van der Waals surface area contributed by atoms with Crippen molar-refractivity contribution in [3.05, 3.63) is 59.7 Å². The van der Waals surface area contributed by atoms with E-state index < -0.39 is 5.41 Å². The quantitative estimate of drug-likeness (QED) is 0.565. The molecule has 1 unspecified atom stereocenters. The molecule has 0 spiro atoms. The minimum Gasteiger partial charge on any atom is -0.381 e. The fraction of sp³-hybridized carbons (Fsp3) is 0.350. The number of benzene rings is 1. The molecule has 0 saturated carbocycles. The second-order valence-electron chi connectivity index (χ2n) is 6.06. The van der Waals surface area contributed by atoms with E-state index in [9.17, 15) is 9.59 Å². The summed E-state index contributed by atoms with van der Waals surface area (Å²) in [6.07, 6.45) is 5.63. The first-order valence-electron chi connectivity index (χ1n) is 8.23. The molecule has 1 aliphatic rings. The van der Waals surface area contributed by atoms with E-state index >= 15 is 0 Å². The van der Waals surface area contributed by atoms with Crippen LogP contribution >= 0.6 is 0 Å². The largest absolute Gasteiger partial charge is 0.381 e. The predicted molar refractivity (Wildman–Crippen MR) is 98.5 cm³/mol. The molecule has 0 N–H and O–H groups in total. The summed E-state index contributed by atoms with van der Waals surface area (Å²) in [7, 11) is 1.62. The van der Waals surface area contributed by atoms with Crippen molar-refractivity contribution in [2.45, 2.75) is 20.8 Å². The summed E-state index contributed by atoms with van der Waals surface area (Å²) >= 11 is 0. The Bertz CT molecular complexity index is 735. The highest BCUT2D eigenvalue weighted by Gasteiger charge is 2.47. The number of hydrazone groups is 1. The van der Waals surface area contributed by atoms with Crippen LogP contribution in [0.4, 0.5) is 0 Å². The summed E-state index contributed by atoms with van der Waals surface area (Å²) in [5, 5.41) is 5.64. The number of hydrogen-bond donors (Lipinski definition) is 0. The second-order valence-corrected chi connectivity index (χ2v) is 6.06. The van der Waals surface area contributed by atoms with E-state index in [1.807, 2.05) is 45.1 Å². The van der Waals surface area contributed by atoms with Crippen LogP contribution in [0.3, 0.4) is 0 Å². The third-order valence-electron chi connectivity index (χ3n) is 4.49. The van der Waals surface area contributed by atoms with Gasteiger partial charge < -0.3 is 4.74 Å². The van der Waals surface area contributed by atoms with Crippen LogP contribution in [-0.4, -0.2) is 42.7 Å². The Morgan fingerprint density at radius 3 is 2.60 bits per heavy atom. The molecule has 1 aliphatic heterocycles. The zero-order valence-corrected chi connectivity index (χ0v) is 15.2. The molecule has 0 bridgehead atoms. The van der Waals surface area contributed by atoms with Crippen LogP contribution in [0.15, 0.2) is 59.2 Å². The van der Waals surface area contributed by atoms with E-state index in [1.165, 1.54) is 5.01 Å². The van der Waals surface area contributed by atoms with Gasteiger partial charge in [-0.3, -0.25) is 9.59 Å². The van der Waals surface area contributed by atoms with E-state index in [2.05, 4.69) is 5.10 Å². The number of methoxy groups -OCH3 is 1. The number of carbonyl (C=O) groups is 2. The summed E-state index contributed by atoms with van der Waals surface area (Å²) in [5.41, 5.74) is 1.22. The van der Waals surface area contributed by atoms with E-state index in [4.69, 9.17) is 4.74 Å². The molecule has 1 atom stereocenters. The Morgan fingerprint density at radius 1 is 1.32 bits per heavy atom. The number of amides is 1. The Balaban J connectivity index is 2.21. The molecule has 1 aromatic carbocycles. The van der Waals surface area contributed by atoms with E-state index in [-0.39, 0.29) is 18.2 Å². The molecule has 0 fully saturated rings. The number of ether oxygens (including phenoxy) is 1. The van der Waals surface area contributed by atoms with Gasteiger partial charge in [0.15, 0.2) is 5.78 Å². The van der Waals surface area contributed by atoms with Gasteiger partial charge in [-0.05, 0) is 26.3 Å². The van der Waals surface area contributed by atoms with Crippen LogP contribution in [0.2, 0.25) is 0 Å². The van der Waals surface area contributed by atoms with Gasteiger partial charge in [-0.1, -0.05) is 48.6 Å². The van der Waals surface area contributed by atoms with Crippen molar-refractivity contribution in [2.24, 2.45) is 10.5 Å². The summed E-state index contributed by atoms with van der Waals surface area (Å²) < 4.78 is 5.02. The smallest absolute Gasteiger partial charge is 0.259 e. The molecule has 0 radical (unpaired) electrons. The van der Waals surface area contributed by atoms with Gasteiger partial charge in [-0.2, -0.15) is 5.10 Å². The molecule has 0 aromatic heterocycles. The molecular formula is C20H24N2O3. The van der Waals surface area contributed by atoms with Crippen molar-refractivity contribution in [1.82, 2.24) is 5.01 Å². The summed E-state index contributed by atoms with van der Waals surface area (Å²) in [4.78, 5) is 25.4. The van der Waals surface area contributed by atoms with Crippen LogP contribution in [0.5, 0.6) is 0 Å². The molecule has 0 saturated heterocycles. The number of ketones is 1. The highest BCUT2D eigenvalue weighted by molar-refractivity contribution is 6.15. The zero-order chi connectivity index (χ0) is 18.4. The second kappa shape index (κ2) is 8.03. The van der Waals surface area contributed by atoms with Crippen LogP contribution < -0.4 is 0 Å². The van der Waals surface area contributed by atoms with Crippen LogP contribution in [0.1, 0.15) is 31.1 Å². The average Bonchev–Trinajstić information content (AvgIpc) is 2.84. The minimum atomic E-state index is -0.865. The lowest BCUT2D eigenvalue weighted by atomic mass is 9.77. The Labute approximate surface area is 148 Å². The number of nitrogens with zero attached hydrogens (tertiary/aromatic N) is 2. The van der Waals surface area contributed by atoms with Gasteiger partial charge in [-0.15, -0.1) is 0 Å². The monoisotopic (exact) mass is 340 g/mol. The van der Waals surface area contributed by atoms with E-state index in [0.29, 0.717) is 17.9 Å². The van der Waals surface area contributed by atoms with Gasteiger partial charge in [0.2, 0.25) is 0 Å². The maximum atomic E-state index is 13.0. The third kappa shape index (κ3) is 3.77. The molecule has 1 heterocycles. The Morgan fingerprint density at radius 2 is 2.00 bits per heavy atom. The molecule has 1 aromatic rings. The van der Waals surface area contributed by atoms with E-state index in [0.717, 1.165) is 5.57 Å². The van der Waals surface area contributed by atoms with Gasteiger partial charge >= 0.3 is 0 Å². The van der Waals surface area contributed by atoms with Crippen molar-refractivity contribution in [1.29, 1.82) is 0 Å². The first-order valence-corrected chi connectivity index (χ1v) is 8.23. The predicted octanol–water partition coefficient (Wildman–Crippen LogP) is 3.24. The standard InChI is InChI=1S/C20H24N2O3/c1-5-17(12-9-13-25-4)20(3)15(2)21-22(19(20)24)14-18(23)16-10-7-6-8-11-16/h5-12H,13-14H2,1-4H3/b12-9-,17-5+. The van der Waals surface area contributed by atoms with E-state index in [1.54, 1.807) is 31.4 Å². The molecule has 5 nitrogen and oxygen atoms in total. The van der Waals surface area contributed by atoms with Gasteiger partial charge in [0, 0.05) is 12.7 Å². The van der Waals surface area contributed by atoms with Gasteiger partial charge in [0.1, 0.15) is 12.0 Å². The number of rotatable bonds is 7. The van der Waals surface area contributed by atoms with Crippen molar-refractivity contribution in [3.8, 4) is 0 Å². The molecule has 0 aliphatic carbocycles. The average molecular weight is 340 g/mol. The SMILES string of the molecule is C/C=C(\C=C/COC)C1(C)C(=O)N(CC(=O)c2ccccc2)N=C1C. The molecular weight excluding hydrogens is 316 g/mol. The lowest BCUT2D eigenvalue weighted by Crippen LogP contribution is -2.39. The molecule has 5 heteroatoms. The fourth-order valence-electron chi connectivity index (χ4n) is 2.85. The van der Waals surface area contributed by atoms with Crippen LogP contribution in [-0.2, 0) is 9.53 Å². The van der Waals surface area contributed by atoms with Gasteiger partial charge in [-0.25, -0.2) is 5.01 Å².